The molecule has 86 valence electrons. The summed E-state index contributed by atoms with van der Waals surface area (Å²) in [6.45, 7) is 0. The highest BCUT2D eigenvalue weighted by atomic mass is 19.4. The molecule has 0 atom stereocenters. The van der Waals surface area contributed by atoms with Gasteiger partial charge >= 0.3 is 6.18 Å². The molecule has 0 aromatic heterocycles. The Morgan fingerprint density at radius 2 is 1.75 bits per heavy atom. The van der Waals surface area contributed by atoms with Crippen LogP contribution in [0.2, 0.25) is 0 Å². The largest absolute Gasteiger partial charge is 0.416 e. The molecular weight excluding hydrogens is 217 g/mol. The molecule has 0 spiro atoms. The first-order valence-corrected chi connectivity index (χ1v) is 5.08. The Hall–Kier alpha value is -1.32. The molecule has 16 heavy (non-hydrogen) atoms. The van der Waals surface area contributed by atoms with E-state index < -0.39 is 11.7 Å². The third-order valence-electron chi connectivity index (χ3n) is 2.98. The van der Waals surface area contributed by atoms with Crippen LogP contribution >= 0.6 is 0 Å². The molecule has 4 heteroatoms. The predicted octanol–water partition coefficient (Wildman–Crippen LogP) is 3.23. The molecule has 0 saturated heterocycles. The average molecular weight is 228 g/mol. The molecule has 1 aliphatic carbocycles. The van der Waals surface area contributed by atoms with Crippen LogP contribution in [0.1, 0.15) is 24.0 Å². The third kappa shape index (κ3) is 2.26. The van der Waals surface area contributed by atoms with E-state index in [9.17, 15) is 18.0 Å². The summed E-state index contributed by atoms with van der Waals surface area (Å²) >= 11 is 0. The first-order chi connectivity index (χ1) is 7.45. The molecule has 0 bridgehead atoms. The quantitative estimate of drug-likeness (QED) is 0.726. The molecule has 0 amide bonds. The van der Waals surface area contributed by atoms with E-state index in [-0.39, 0.29) is 5.41 Å². The second-order valence-corrected chi connectivity index (χ2v) is 4.35. The topological polar surface area (TPSA) is 17.1 Å². The van der Waals surface area contributed by atoms with Gasteiger partial charge in [0.05, 0.1) is 5.56 Å². The third-order valence-corrected chi connectivity index (χ3v) is 2.98. The maximum absolute atomic E-state index is 12.3. The fraction of sp³-hybridized carbons (Fsp3) is 0.417. The first-order valence-electron chi connectivity index (χ1n) is 5.08. The minimum absolute atomic E-state index is 0.292. The van der Waals surface area contributed by atoms with Gasteiger partial charge in [-0.15, -0.1) is 0 Å². The van der Waals surface area contributed by atoms with Crippen molar-refractivity contribution in [2.24, 2.45) is 5.41 Å². The van der Waals surface area contributed by atoms with Gasteiger partial charge in [0.25, 0.3) is 0 Å². The lowest BCUT2D eigenvalue weighted by molar-refractivity contribution is -0.137. The van der Waals surface area contributed by atoms with E-state index in [1.54, 1.807) is 0 Å². The molecular formula is C12H11F3O. The number of hydrogen-bond acceptors (Lipinski definition) is 1. The lowest BCUT2D eigenvalue weighted by Crippen LogP contribution is -2.08. The SMILES string of the molecule is O=CC1(Cc2ccc(C(F)(F)F)cc2)CC1. The fourth-order valence-corrected chi connectivity index (χ4v) is 1.71. The molecule has 0 heterocycles. The van der Waals surface area contributed by atoms with Crippen LogP contribution in [-0.4, -0.2) is 6.29 Å². The van der Waals surface area contributed by atoms with Gasteiger partial charge in [0.1, 0.15) is 6.29 Å². The van der Waals surface area contributed by atoms with Crippen LogP contribution in [0.4, 0.5) is 13.2 Å². The van der Waals surface area contributed by atoms with E-state index in [0.717, 1.165) is 36.8 Å². The van der Waals surface area contributed by atoms with Crippen molar-refractivity contribution < 1.29 is 18.0 Å². The van der Waals surface area contributed by atoms with Crippen LogP contribution in [0.5, 0.6) is 0 Å². The highest BCUT2D eigenvalue weighted by Crippen LogP contribution is 2.46. The number of alkyl halides is 3. The molecule has 1 fully saturated rings. The average Bonchev–Trinajstić information content (AvgIpc) is 2.98. The van der Waals surface area contributed by atoms with E-state index in [2.05, 4.69) is 0 Å². The summed E-state index contributed by atoms with van der Waals surface area (Å²) in [5, 5.41) is 0. The lowest BCUT2D eigenvalue weighted by atomic mass is 9.97. The van der Waals surface area contributed by atoms with Gasteiger partial charge in [-0.1, -0.05) is 12.1 Å². The van der Waals surface area contributed by atoms with Gasteiger partial charge in [0, 0.05) is 5.41 Å². The van der Waals surface area contributed by atoms with Gasteiger partial charge in [0.15, 0.2) is 0 Å². The molecule has 0 radical (unpaired) electrons. The molecule has 0 unspecified atom stereocenters. The Kier molecular flexibility index (Phi) is 2.52. The Morgan fingerprint density at radius 1 is 1.19 bits per heavy atom. The van der Waals surface area contributed by atoms with E-state index in [1.165, 1.54) is 12.1 Å². The van der Waals surface area contributed by atoms with Gasteiger partial charge in [-0.3, -0.25) is 0 Å². The zero-order chi connectivity index (χ0) is 11.8. The van der Waals surface area contributed by atoms with Crippen LogP contribution in [0.25, 0.3) is 0 Å². The molecule has 1 aromatic rings. The summed E-state index contributed by atoms with van der Waals surface area (Å²) in [6.07, 6.45) is -1.13. The summed E-state index contributed by atoms with van der Waals surface area (Å²) in [5.41, 5.74) is -0.149. The van der Waals surface area contributed by atoms with E-state index in [1.807, 2.05) is 0 Å². The van der Waals surface area contributed by atoms with Gasteiger partial charge < -0.3 is 4.79 Å². The summed E-state index contributed by atoms with van der Waals surface area (Å²) in [4.78, 5) is 10.7. The van der Waals surface area contributed by atoms with Crippen LogP contribution in [0, 0.1) is 5.41 Å². The van der Waals surface area contributed by atoms with E-state index in [4.69, 9.17) is 0 Å². The van der Waals surface area contributed by atoms with Gasteiger partial charge in [0.2, 0.25) is 0 Å². The van der Waals surface area contributed by atoms with Gasteiger partial charge in [-0.25, -0.2) is 0 Å². The van der Waals surface area contributed by atoms with Crippen LogP contribution in [-0.2, 0) is 17.4 Å². The maximum atomic E-state index is 12.3. The minimum Gasteiger partial charge on any atom is -0.303 e. The fourth-order valence-electron chi connectivity index (χ4n) is 1.71. The molecule has 1 saturated carbocycles. The Bertz CT molecular complexity index is 388. The monoisotopic (exact) mass is 228 g/mol. The molecule has 0 N–H and O–H groups in total. The number of carbonyl (C=O) groups excluding carboxylic acids is 1. The highest BCUT2D eigenvalue weighted by molar-refractivity contribution is 5.64. The van der Waals surface area contributed by atoms with Gasteiger partial charge in [-0.05, 0) is 37.0 Å². The van der Waals surface area contributed by atoms with Crippen LogP contribution < -0.4 is 0 Å². The number of carbonyl (C=O) groups is 1. The van der Waals surface area contributed by atoms with E-state index in [0.29, 0.717) is 6.42 Å². The number of hydrogen-bond donors (Lipinski definition) is 0. The zero-order valence-electron chi connectivity index (χ0n) is 8.55. The summed E-state index contributed by atoms with van der Waals surface area (Å²) < 4.78 is 36.8. The molecule has 1 nitrogen and oxygen atoms in total. The number of benzene rings is 1. The van der Waals surface area contributed by atoms with E-state index >= 15 is 0 Å². The maximum Gasteiger partial charge on any atom is 0.416 e. The Balaban J connectivity index is 2.11. The summed E-state index contributed by atoms with van der Waals surface area (Å²) in [6, 6.07) is 5.03. The highest BCUT2D eigenvalue weighted by Gasteiger charge is 2.42. The smallest absolute Gasteiger partial charge is 0.303 e. The molecule has 2 rings (SSSR count). The second kappa shape index (κ2) is 3.61. The van der Waals surface area contributed by atoms with Crippen LogP contribution in [0.3, 0.4) is 0 Å². The van der Waals surface area contributed by atoms with Crippen LogP contribution in [0.15, 0.2) is 24.3 Å². The standard InChI is InChI=1S/C12H11F3O/c13-12(14,15)10-3-1-9(2-4-10)7-11(8-16)5-6-11/h1-4,8H,5-7H2. The van der Waals surface area contributed by atoms with Crippen molar-refractivity contribution in [1.82, 2.24) is 0 Å². The van der Waals surface area contributed by atoms with Crippen molar-refractivity contribution in [3.63, 3.8) is 0 Å². The van der Waals surface area contributed by atoms with Crippen molar-refractivity contribution in [3.05, 3.63) is 35.4 Å². The van der Waals surface area contributed by atoms with Crippen molar-refractivity contribution in [3.8, 4) is 0 Å². The van der Waals surface area contributed by atoms with Crippen molar-refractivity contribution in [2.75, 3.05) is 0 Å². The number of aldehydes is 1. The second-order valence-electron chi connectivity index (χ2n) is 4.35. The number of rotatable bonds is 3. The summed E-state index contributed by atoms with van der Waals surface area (Å²) in [7, 11) is 0. The molecule has 0 aliphatic heterocycles. The Morgan fingerprint density at radius 3 is 2.12 bits per heavy atom. The first kappa shape index (κ1) is 11.2. The lowest BCUT2D eigenvalue weighted by Gasteiger charge is -2.09. The Labute approximate surface area is 91.3 Å². The van der Waals surface area contributed by atoms with Crippen molar-refractivity contribution >= 4 is 6.29 Å². The molecule has 1 aromatic carbocycles. The van der Waals surface area contributed by atoms with Crippen molar-refractivity contribution in [1.29, 1.82) is 0 Å². The normalized spacial score (nSPS) is 18.2. The van der Waals surface area contributed by atoms with Crippen molar-refractivity contribution in [2.45, 2.75) is 25.4 Å². The summed E-state index contributed by atoms with van der Waals surface area (Å²) in [5.74, 6) is 0. The molecule has 1 aliphatic rings. The number of halogens is 3. The van der Waals surface area contributed by atoms with Gasteiger partial charge in [-0.2, -0.15) is 13.2 Å². The predicted molar refractivity (Wildman–Crippen MR) is 52.9 cm³/mol. The minimum atomic E-state index is -4.29. The zero-order valence-corrected chi connectivity index (χ0v) is 8.55.